The normalized spacial score (nSPS) is 15.5. The van der Waals surface area contributed by atoms with Crippen LogP contribution >= 0.6 is 0 Å². The van der Waals surface area contributed by atoms with Crippen LogP contribution in [0.25, 0.3) is 21.9 Å². The van der Waals surface area contributed by atoms with Gasteiger partial charge in [0.05, 0.1) is 24.5 Å². The summed E-state index contributed by atoms with van der Waals surface area (Å²) < 4.78 is 12.3. The molecule has 1 atom stereocenters. The second-order valence-corrected chi connectivity index (χ2v) is 8.83. The van der Waals surface area contributed by atoms with Gasteiger partial charge in [-0.2, -0.15) is 0 Å². The fourth-order valence-corrected chi connectivity index (χ4v) is 4.97. The zero-order valence-corrected chi connectivity index (χ0v) is 21.0. The number of rotatable bonds is 9. The second kappa shape index (κ2) is 10.4. The third kappa shape index (κ3) is 4.41. The third-order valence-electron chi connectivity index (χ3n) is 6.80. The molecule has 36 heavy (non-hydrogen) atoms. The molecule has 1 N–H and O–H groups in total. The third-order valence-corrected chi connectivity index (χ3v) is 6.80. The average Bonchev–Trinajstić information content (AvgIpc) is 3.57. The number of nitrogens with one attached hydrogen (secondary N) is 1. The molecule has 1 aliphatic rings. The maximum absolute atomic E-state index is 13.2. The largest absolute Gasteiger partial charge is 0.493 e. The molecule has 0 aliphatic carbocycles. The van der Waals surface area contributed by atoms with Gasteiger partial charge in [-0.1, -0.05) is 12.1 Å². The minimum Gasteiger partial charge on any atom is -0.493 e. The Morgan fingerprint density at radius 2 is 2.00 bits per heavy atom. The molecule has 0 saturated carbocycles. The molecule has 0 spiro atoms. The first-order chi connectivity index (χ1) is 17.6. The van der Waals surface area contributed by atoms with Gasteiger partial charge in [-0.15, -0.1) is 0 Å². The van der Waals surface area contributed by atoms with E-state index in [-0.39, 0.29) is 13.4 Å². The highest BCUT2D eigenvalue weighted by molar-refractivity contribution is 6.02. The van der Waals surface area contributed by atoms with Gasteiger partial charge < -0.3 is 24.3 Å². The fraction of sp³-hybridized carbons (Fsp3) is 0.407. The standard InChI is InChI=1S/C27H32N6O3.H2/c1-4-32(5-2)27(34)21-13-18-9-7-11-22(20(18)14-23(21)35-6-3)36-15-19-10-8-12-33(19)26-24-25(29-16-28-24)30-17-31-26;/h7,9,11,13-14,16-17,19H,4-6,8,10,12,15H2,1-3H3,(H,28,29,30,31);1H/t19-;/m1./s1. The van der Waals surface area contributed by atoms with Gasteiger partial charge in [0.2, 0.25) is 0 Å². The minimum absolute atomic E-state index is 0. The van der Waals surface area contributed by atoms with Crippen LogP contribution in [-0.2, 0) is 0 Å². The number of aromatic amines is 1. The lowest BCUT2D eigenvalue weighted by Gasteiger charge is -2.26. The number of anilines is 1. The predicted molar refractivity (Wildman–Crippen MR) is 142 cm³/mol. The van der Waals surface area contributed by atoms with Crippen LogP contribution in [0.3, 0.4) is 0 Å². The molecule has 1 saturated heterocycles. The predicted octanol–water partition coefficient (Wildman–Crippen LogP) is 4.68. The maximum atomic E-state index is 13.2. The van der Waals surface area contributed by atoms with Gasteiger partial charge in [-0.3, -0.25) is 4.79 Å². The first kappa shape index (κ1) is 23.8. The molecule has 2 aromatic heterocycles. The van der Waals surface area contributed by atoms with E-state index in [1.165, 1.54) is 0 Å². The van der Waals surface area contributed by atoms with E-state index >= 15 is 0 Å². The molecule has 3 heterocycles. The number of ether oxygens (including phenoxy) is 2. The van der Waals surface area contributed by atoms with Crippen molar-refractivity contribution in [1.29, 1.82) is 0 Å². The van der Waals surface area contributed by atoms with Crippen LogP contribution < -0.4 is 14.4 Å². The monoisotopic (exact) mass is 490 g/mol. The number of fused-ring (bicyclic) bond motifs is 2. The quantitative estimate of drug-likeness (QED) is 0.364. The number of H-pyrrole nitrogens is 1. The number of hydrogen-bond donors (Lipinski definition) is 1. The van der Waals surface area contributed by atoms with Gasteiger partial charge >= 0.3 is 0 Å². The summed E-state index contributed by atoms with van der Waals surface area (Å²) in [6.07, 6.45) is 5.28. The molecular weight excluding hydrogens is 456 g/mol. The Kier molecular flexibility index (Phi) is 6.88. The lowest BCUT2D eigenvalue weighted by molar-refractivity contribution is 0.0769. The number of hydrogen-bond acceptors (Lipinski definition) is 7. The second-order valence-electron chi connectivity index (χ2n) is 8.83. The van der Waals surface area contributed by atoms with Crippen molar-refractivity contribution in [3.8, 4) is 11.5 Å². The maximum Gasteiger partial charge on any atom is 0.257 e. The van der Waals surface area contributed by atoms with Crippen LogP contribution in [0.1, 0.15) is 45.4 Å². The lowest BCUT2D eigenvalue weighted by Crippen LogP contribution is -2.35. The number of aromatic nitrogens is 4. The zero-order chi connectivity index (χ0) is 25.1. The van der Waals surface area contributed by atoms with Crippen LogP contribution in [0, 0.1) is 0 Å². The Labute approximate surface area is 211 Å². The average molecular weight is 491 g/mol. The molecule has 2 aromatic carbocycles. The fourth-order valence-electron chi connectivity index (χ4n) is 4.97. The Morgan fingerprint density at radius 1 is 1.14 bits per heavy atom. The van der Waals surface area contributed by atoms with Crippen LogP contribution in [-0.4, -0.2) is 69.6 Å². The number of benzene rings is 2. The van der Waals surface area contributed by atoms with E-state index in [1.54, 1.807) is 12.7 Å². The summed E-state index contributed by atoms with van der Waals surface area (Å²) in [6, 6.07) is 9.99. The molecule has 0 unspecified atom stereocenters. The van der Waals surface area contributed by atoms with Crippen molar-refractivity contribution in [3.63, 3.8) is 0 Å². The summed E-state index contributed by atoms with van der Waals surface area (Å²) in [5.41, 5.74) is 2.10. The summed E-state index contributed by atoms with van der Waals surface area (Å²) in [5.74, 6) is 2.20. The molecule has 190 valence electrons. The Bertz CT molecular complexity index is 1370. The Morgan fingerprint density at radius 3 is 2.81 bits per heavy atom. The van der Waals surface area contributed by atoms with E-state index in [1.807, 2.05) is 56.0 Å². The molecule has 9 heteroatoms. The first-order valence-corrected chi connectivity index (χ1v) is 12.7. The van der Waals surface area contributed by atoms with E-state index in [9.17, 15) is 4.79 Å². The van der Waals surface area contributed by atoms with Crippen molar-refractivity contribution in [2.24, 2.45) is 0 Å². The van der Waals surface area contributed by atoms with E-state index in [4.69, 9.17) is 9.47 Å². The number of carbonyl (C=O) groups is 1. The molecule has 9 nitrogen and oxygen atoms in total. The van der Waals surface area contributed by atoms with Gasteiger partial charge in [-0.05, 0) is 57.2 Å². The molecular formula is C27H34N6O3. The lowest BCUT2D eigenvalue weighted by atomic mass is 10.0. The first-order valence-electron chi connectivity index (χ1n) is 12.7. The van der Waals surface area contributed by atoms with Crippen LogP contribution in [0.5, 0.6) is 11.5 Å². The van der Waals surface area contributed by atoms with Gasteiger partial charge in [0, 0.05) is 26.4 Å². The Hall–Kier alpha value is -3.88. The van der Waals surface area contributed by atoms with E-state index in [2.05, 4.69) is 24.8 Å². The highest BCUT2D eigenvalue weighted by Gasteiger charge is 2.29. The van der Waals surface area contributed by atoms with Crippen LogP contribution in [0.4, 0.5) is 5.82 Å². The molecule has 5 rings (SSSR count). The number of carbonyl (C=O) groups excluding carboxylic acids is 1. The van der Waals surface area contributed by atoms with Gasteiger partial charge in [0.1, 0.15) is 29.9 Å². The van der Waals surface area contributed by atoms with Crippen molar-refractivity contribution in [2.45, 2.75) is 39.7 Å². The molecule has 4 aromatic rings. The summed E-state index contributed by atoms with van der Waals surface area (Å²) in [4.78, 5) is 33.5. The summed E-state index contributed by atoms with van der Waals surface area (Å²) in [5, 5.41) is 1.88. The van der Waals surface area contributed by atoms with Crippen molar-refractivity contribution in [3.05, 3.63) is 48.5 Å². The molecule has 0 bridgehead atoms. The number of amides is 1. The van der Waals surface area contributed by atoms with Gasteiger partial charge in [-0.25, -0.2) is 15.0 Å². The van der Waals surface area contributed by atoms with E-state index < -0.39 is 0 Å². The summed E-state index contributed by atoms with van der Waals surface area (Å²) >= 11 is 0. The van der Waals surface area contributed by atoms with Crippen LogP contribution in [0.15, 0.2) is 43.0 Å². The summed E-state index contributed by atoms with van der Waals surface area (Å²) in [7, 11) is 0. The Balaban J connectivity index is 0.00000320. The highest BCUT2D eigenvalue weighted by atomic mass is 16.5. The molecule has 1 aliphatic heterocycles. The summed E-state index contributed by atoms with van der Waals surface area (Å²) in [6.45, 7) is 9.10. The topological polar surface area (TPSA) is 96.5 Å². The van der Waals surface area contributed by atoms with Crippen molar-refractivity contribution in [2.75, 3.05) is 37.7 Å². The van der Waals surface area contributed by atoms with Crippen molar-refractivity contribution >= 4 is 33.7 Å². The SMILES string of the molecule is CCOc1cc2c(OC[C@H]3CCCN3c3ncnc4nc[nH]c34)cccc2cc1C(=O)N(CC)CC.[HH]. The minimum atomic E-state index is -0.0201. The van der Waals surface area contributed by atoms with E-state index in [0.29, 0.717) is 43.3 Å². The van der Waals surface area contributed by atoms with Crippen molar-refractivity contribution < 1.29 is 15.7 Å². The highest BCUT2D eigenvalue weighted by Crippen LogP contribution is 2.34. The zero-order valence-electron chi connectivity index (χ0n) is 21.0. The number of imidazole rings is 1. The van der Waals surface area contributed by atoms with Crippen LogP contribution in [0.2, 0.25) is 0 Å². The van der Waals surface area contributed by atoms with Gasteiger partial charge in [0.25, 0.3) is 5.91 Å². The molecule has 0 radical (unpaired) electrons. The van der Waals surface area contributed by atoms with Gasteiger partial charge in [0.15, 0.2) is 11.5 Å². The van der Waals surface area contributed by atoms with Crippen molar-refractivity contribution in [1.82, 2.24) is 24.8 Å². The molecule has 1 amide bonds. The smallest absolute Gasteiger partial charge is 0.257 e. The molecule has 1 fully saturated rings. The van der Waals surface area contributed by atoms with E-state index in [0.717, 1.165) is 47.2 Å². The number of nitrogens with zero attached hydrogens (tertiary/aromatic N) is 5.